The van der Waals surface area contributed by atoms with Crippen LogP contribution in [0.15, 0.2) is 0 Å². The molecule has 86 valence electrons. The molecule has 1 rings (SSSR count). The maximum Gasteiger partial charge on any atom is 0.222 e. The molecule has 2 nitrogen and oxygen atoms in total. The van der Waals surface area contributed by atoms with E-state index in [9.17, 15) is 4.79 Å². The number of nitrogens with zero attached hydrogens (tertiary/aromatic N) is 1. The number of amides is 1. The van der Waals surface area contributed by atoms with Gasteiger partial charge in [0.25, 0.3) is 0 Å². The van der Waals surface area contributed by atoms with Gasteiger partial charge in [0.2, 0.25) is 5.91 Å². The first-order valence-electron chi connectivity index (χ1n) is 6.12. The van der Waals surface area contributed by atoms with Gasteiger partial charge in [0.15, 0.2) is 0 Å². The zero-order valence-electron chi connectivity index (χ0n) is 9.93. The van der Waals surface area contributed by atoms with Crippen molar-refractivity contribution < 1.29 is 4.79 Å². The second-order valence-electron chi connectivity index (χ2n) is 4.25. The third-order valence-corrected chi connectivity index (χ3v) is 2.95. The second kappa shape index (κ2) is 9.49. The zero-order chi connectivity index (χ0) is 10.2. The summed E-state index contributed by atoms with van der Waals surface area (Å²) in [7, 11) is 0. The predicted octanol–water partition coefficient (Wildman–Crippen LogP) is 2.59. The SMILES string of the molecule is CCCCCCCCN1CCCC1=O.[Sn]. The average molecular weight is 316 g/mol. The molecule has 0 saturated carbocycles. The van der Waals surface area contributed by atoms with Gasteiger partial charge in [-0.15, -0.1) is 0 Å². The summed E-state index contributed by atoms with van der Waals surface area (Å²) < 4.78 is 0. The van der Waals surface area contributed by atoms with E-state index >= 15 is 0 Å². The largest absolute Gasteiger partial charge is 0.343 e. The number of likely N-dealkylation sites (tertiary alicyclic amines) is 1. The Labute approximate surface area is 111 Å². The van der Waals surface area contributed by atoms with Crippen LogP contribution in [-0.2, 0) is 4.79 Å². The molecule has 0 bridgehead atoms. The quantitative estimate of drug-likeness (QED) is 0.522. The summed E-state index contributed by atoms with van der Waals surface area (Å²) in [5.74, 6) is 0.374. The van der Waals surface area contributed by atoms with Crippen LogP contribution in [0, 0.1) is 0 Å². The Balaban J connectivity index is 0.00000196. The van der Waals surface area contributed by atoms with Gasteiger partial charge < -0.3 is 4.90 Å². The molecule has 0 aromatic heterocycles. The number of carbonyl (C=O) groups is 1. The summed E-state index contributed by atoms with van der Waals surface area (Å²) in [6, 6.07) is 0. The molecule has 1 aliphatic rings. The third-order valence-electron chi connectivity index (χ3n) is 2.95. The molecule has 4 radical (unpaired) electrons. The molecule has 15 heavy (non-hydrogen) atoms. The molecule has 0 N–H and O–H groups in total. The van der Waals surface area contributed by atoms with E-state index in [4.69, 9.17) is 0 Å². The molecule has 0 spiro atoms. The zero-order valence-corrected chi connectivity index (χ0v) is 12.8. The summed E-state index contributed by atoms with van der Waals surface area (Å²) in [4.78, 5) is 13.3. The van der Waals surface area contributed by atoms with Gasteiger partial charge in [-0.05, 0) is 12.8 Å². The van der Waals surface area contributed by atoms with Gasteiger partial charge in [-0.3, -0.25) is 4.79 Å². The summed E-state index contributed by atoms with van der Waals surface area (Å²) in [6.07, 6.45) is 9.75. The van der Waals surface area contributed by atoms with Crippen molar-refractivity contribution in [3.63, 3.8) is 0 Å². The van der Waals surface area contributed by atoms with Crippen molar-refractivity contribution in [3.05, 3.63) is 0 Å². The molecule has 0 aliphatic carbocycles. The smallest absolute Gasteiger partial charge is 0.222 e. The topological polar surface area (TPSA) is 20.3 Å². The Hall–Kier alpha value is 0.269. The molecule has 1 heterocycles. The molecule has 0 atom stereocenters. The molecule has 1 aliphatic heterocycles. The van der Waals surface area contributed by atoms with E-state index in [-0.39, 0.29) is 23.9 Å². The Morgan fingerprint density at radius 1 is 1.13 bits per heavy atom. The van der Waals surface area contributed by atoms with E-state index in [0.29, 0.717) is 5.91 Å². The van der Waals surface area contributed by atoms with Gasteiger partial charge in [0.05, 0.1) is 0 Å². The number of carbonyl (C=O) groups excluding carboxylic acids is 1. The van der Waals surface area contributed by atoms with Crippen LogP contribution in [0.4, 0.5) is 0 Å². The van der Waals surface area contributed by atoms with Crippen LogP contribution >= 0.6 is 0 Å². The molecule has 1 amide bonds. The van der Waals surface area contributed by atoms with Crippen molar-refractivity contribution in [2.24, 2.45) is 0 Å². The van der Waals surface area contributed by atoms with Gasteiger partial charge in [-0.25, -0.2) is 0 Å². The second-order valence-corrected chi connectivity index (χ2v) is 4.25. The minimum absolute atomic E-state index is 0. The summed E-state index contributed by atoms with van der Waals surface area (Å²) >= 11 is 0. The maximum atomic E-state index is 11.3. The van der Waals surface area contributed by atoms with E-state index in [2.05, 4.69) is 6.92 Å². The van der Waals surface area contributed by atoms with Crippen LogP contribution in [0.25, 0.3) is 0 Å². The molecule has 0 aromatic carbocycles. The molecule has 1 saturated heterocycles. The van der Waals surface area contributed by atoms with Gasteiger partial charge in [0.1, 0.15) is 0 Å². The first-order chi connectivity index (χ1) is 6.84. The summed E-state index contributed by atoms with van der Waals surface area (Å²) in [5.41, 5.74) is 0. The number of hydrogen-bond acceptors (Lipinski definition) is 1. The Morgan fingerprint density at radius 2 is 1.80 bits per heavy atom. The first kappa shape index (κ1) is 15.3. The Morgan fingerprint density at radius 3 is 2.40 bits per heavy atom. The van der Waals surface area contributed by atoms with Crippen LogP contribution in [0.3, 0.4) is 0 Å². The number of hydrogen-bond donors (Lipinski definition) is 0. The van der Waals surface area contributed by atoms with Crippen molar-refractivity contribution in [1.82, 2.24) is 4.90 Å². The Bertz CT molecular complexity index is 173. The molecule has 3 heteroatoms. The van der Waals surface area contributed by atoms with Crippen molar-refractivity contribution in [2.45, 2.75) is 58.3 Å². The van der Waals surface area contributed by atoms with Crippen LogP contribution in [0.5, 0.6) is 0 Å². The van der Waals surface area contributed by atoms with Crippen LogP contribution in [0.2, 0.25) is 0 Å². The standard InChI is InChI=1S/C12H23NO.Sn/c1-2-3-4-5-6-7-10-13-11-8-9-12(13)14;/h2-11H2,1H3;. The monoisotopic (exact) mass is 317 g/mol. The molecular formula is C12H23NOSn. The predicted molar refractivity (Wildman–Crippen MR) is 64.9 cm³/mol. The van der Waals surface area contributed by atoms with Crippen LogP contribution < -0.4 is 0 Å². The normalized spacial score (nSPS) is 15.5. The van der Waals surface area contributed by atoms with E-state index in [0.717, 1.165) is 25.9 Å². The van der Waals surface area contributed by atoms with E-state index < -0.39 is 0 Å². The third kappa shape index (κ3) is 6.44. The van der Waals surface area contributed by atoms with Crippen LogP contribution in [0.1, 0.15) is 58.3 Å². The van der Waals surface area contributed by atoms with Crippen molar-refractivity contribution in [3.8, 4) is 0 Å². The van der Waals surface area contributed by atoms with Gasteiger partial charge in [0, 0.05) is 43.4 Å². The van der Waals surface area contributed by atoms with Gasteiger partial charge in [-0.1, -0.05) is 39.0 Å². The van der Waals surface area contributed by atoms with Gasteiger partial charge in [-0.2, -0.15) is 0 Å². The fraction of sp³-hybridized carbons (Fsp3) is 0.917. The maximum absolute atomic E-state index is 11.3. The summed E-state index contributed by atoms with van der Waals surface area (Å²) in [6.45, 7) is 4.25. The van der Waals surface area contributed by atoms with Crippen LogP contribution in [-0.4, -0.2) is 47.8 Å². The molecule has 1 fully saturated rings. The van der Waals surface area contributed by atoms with Gasteiger partial charge >= 0.3 is 0 Å². The molecule has 0 aromatic rings. The van der Waals surface area contributed by atoms with Crippen molar-refractivity contribution >= 4 is 29.8 Å². The van der Waals surface area contributed by atoms with Crippen molar-refractivity contribution in [1.29, 1.82) is 0 Å². The van der Waals surface area contributed by atoms with Crippen molar-refractivity contribution in [2.75, 3.05) is 13.1 Å². The number of rotatable bonds is 7. The van der Waals surface area contributed by atoms with E-state index in [1.54, 1.807) is 0 Å². The number of unbranched alkanes of at least 4 members (excludes halogenated alkanes) is 5. The minimum atomic E-state index is 0. The average Bonchev–Trinajstić information content (AvgIpc) is 2.58. The Kier molecular flexibility index (Phi) is 9.66. The first-order valence-corrected chi connectivity index (χ1v) is 6.12. The molecular weight excluding hydrogens is 293 g/mol. The minimum Gasteiger partial charge on any atom is -0.343 e. The summed E-state index contributed by atoms with van der Waals surface area (Å²) in [5, 5.41) is 0. The van der Waals surface area contributed by atoms with E-state index in [1.165, 1.54) is 38.5 Å². The fourth-order valence-electron chi connectivity index (χ4n) is 2.02. The fourth-order valence-corrected chi connectivity index (χ4v) is 2.02. The molecule has 0 unspecified atom stereocenters. The van der Waals surface area contributed by atoms with E-state index in [1.807, 2.05) is 4.90 Å².